The third kappa shape index (κ3) is 6.38. The summed E-state index contributed by atoms with van der Waals surface area (Å²) in [5.41, 5.74) is 3.58. The number of carbonyl (C=O) groups is 2. The van der Waals surface area contributed by atoms with Crippen molar-refractivity contribution in [2.24, 2.45) is 5.10 Å². The van der Waals surface area contributed by atoms with E-state index in [4.69, 9.17) is 21.1 Å². The molecule has 2 aromatic carbocycles. The topological polar surface area (TPSA) is 86.2 Å². The zero-order valence-corrected chi connectivity index (χ0v) is 18.1. The molecule has 0 atom stereocenters. The zero-order chi connectivity index (χ0) is 20.5. The molecule has 2 rings (SSSR count). The predicted molar refractivity (Wildman–Crippen MR) is 114 cm³/mol. The van der Waals surface area contributed by atoms with Crippen molar-refractivity contribution < 1.29 is 23.8 Å². The Bertz CT molecular complexity index is 871. The number of rotatable bonds is 8. The van der Waals surface area contributed by atoms with Crippen LogP contribution in [0.25, 0.3) is 0 Å². The van der Waals surface area contributed by atoms with Gasteiger partial charge in [-0.1, -0.05) is 11.6 Å². The fourth-order valence-corrected chi connectivity index (χ4v) is 2.99. The zero-order valence-electron chi connectivity index (χ0n) is 15.2. The number of nitrogens with zero attached hydrogens (tertiary/aromatic N) is 1. The van der Waals surface area contributed by atoms with Crippen LogP contribution in [0, 0.1) is 3.57 Å². The molecule has 0 saturated carbocycles. The highest BCUT2D eigenvalue weighted by Crippen LogP contribution is 2.34. The average molecular weight is 517 g/mol. The Labute approximate surface area is 181 Å². The van der Waals surface area contributed by atoms with Crippen molar-refractivity contribution in [2.45, 2.75) is 6.92 Å². The van der Waals surface area contributed by atoms with Gasteiger partial charge in [-0.2, -0.15) is 5.10 Å². The summed E-state index contributed by atoms with van der Waals surface area (Å²) in [5.74, 6) is 0.0541. The lowest BCUT2D eigenvalue weighted by Gasteiger charge is -2.14. The summed E-state index contributed by atoms with van der Waals surface area (Å²) >= 11 is 7.88. The van der Waals surface area contributed by atoms with Crippen LogP contribution in [0.15, 0.2) is 41.5 Å². The van der Waals surface area contributed by atoms with E-state index in [1.807, 2.05) is 6.92 Å². The minimum absolute atomic E-state index is 0.225. The first-order chi connectivity index (χ1) is 13.4. The third-order valence-corrected chi connectivity index (χ3v) is 4.43. The highest BCUT2D eigenvalue weighted by Gasteiger charge is 2.14. The van der Waals surface area contributed by atoms with E-state index in [0.29, 0.717) is 34.3 Å². The first kappa shape index (κ1) is 22.0. The van der Waals surface area contributed by atoms with Gasteiger partial charge in [0.2, 0.25) is 0 Å². The number of methoxy groups -OCH3 is 1. The van der Waals surface area contributed by atoms with Gasteiger partial charge in [-0.15, -0.1) is 0 Å². The number of benzene rings is 2. The lowest BCUT2D eigenvalue weighted by atomic mass is 10.2. The van der Waals surface area contributed by atoms with E-state index in [0.717, 1.165) is 3.57 Å². The normalized spacial score (nSPS) is 10.6. The maximum absolute atomic E-state index is 12.1. The molecule has 9 heteroatoms. The first-order valence-corrected chi connectivity index (χ1v) is 9.65. The fourth-order valence-electron chi connectivity index (χ4n) is 2.09. The summed E-state index contributed by atoms with van der Waals surface area (Å²) in [7, 11) is 1.29. The monoisotopic (exact) mass is 516 g/mol. The van der Waals surface area contributed by atoms with Crippen LogP contribution < -0.4 is 14.9 Å². The van der Waals surface area contributed by atoms with Crippen LogP contribution in [0.2, 0.25) is 5.02 Å². The van der Waals surface area contributed by atoms with Crippen molar-refractivity contribution >= 4 is 52.3 Å². The number of hydrogen-bond acceptors (Lipinski definition) is 6. The molecule has 1 N–H and O–H groups in total. The number of halogens is 2. The summed E-state index contributed by atoms with van der Waals surface area (Å²) in [5, 5.41) is 4.52. The summed E-state index contributed by atoms with van der Waals surface area (Å²) in [6.45, 7) is 2.03. The Morgan fingerprint density at radius 3 is 2.57 bits per heavy atom. The molecular weight excluding hydrogens is 499 g/mol. The highest BCUT2D eigenvalue weighted by molar-refractivity contribution is 14.1. The Hall–Kier alpha value is -2.33. The largest absolute Gasteiger partial charge is 0.490 e. The number of hydrazone groups is 1. The van der Waals surface area contributed by atoms with E-state index in [1.54, 1.807) is 36.4 Å². The van der Waals surface area contributed by atoms with E-state index in [2.05, 4.69) is 37.9 Å². The number of ether oxygens (including phenoxy) is 3. The minimum Gasteiger partial charge on any atom is -0.490 e. The molecule has 0 radical (unpaired) electrons. The summed E-state index contributed by atoms with van der Waals surface area (Å²) in [6.07, 6.45) is 1.49. The maximum atomic E-state index is 12.1. The van der Waals surface area contributed by atoms with Crippen LogP contribution in [0.4, 0.5) is 0 Å². The SMILES string of the molecule is CCOc1cc(/C=N\NC(=O)c2ccc(Cl)cc2)cc(I)c1OCC(=O)OC. The molecular formula is C19H18ClIN2O5. The van der Waals surface area contributed by atoms with Gasteiger partial charge in [0.15, 0.2) is 18.1 Å². The van der Waals surface area contributed by atoms with Crippen LogP contribution in [0.1, 0.15) is 22.8 Å². The van der Waals surface area contributed by atoms with Crippen molar-refractivity contribution in [3.8, 4) is 11.5 Å². The van der Waals surface area contributed by atoms with Crippen LogP contribution in [0.5, 0.6) is 11.5 Å². The van der Waals surface area contributed by atoms with E-state index >= 15 is 0 Å². The van der Waals surface area contributed by atoms with Gasteiger partial charge < -0.3 is 14.2 Å². The van der Waals surface area contributed by atoms with Crippen molar-refractivity contribution in [1.82, 2.24) is 5.43 Å². The molecule has 2 aromatic rings. The van der Waals surface area contributed by atoms with Gasteiger partial charge in [-0.25, -0.2) is 10.2 Å². The Morgan fingerprint density at radius 1 is 1.21 bits per heavy atom. The van der Waals surface area contributed by atoms with Gasteiger partial charge in [-0.05, 0) is 71.5 Å². The Morgan fingerprint density at radius 2 is 1.93 bits per heavy atom. The van der Waals surface area contributed by atoms with Crippen molar-refractivity contribution in [2.75, 3.05) is 20.3 Å². The van der Waals surface area contributed by atoms with Gasteiger partial charge in [-0.3, -0.25) is 4.79 Å². The Kier molecular flexibility index (Phi) is 8.52. The second-order valence-electron chi connectivity index (χ2n) is 5.33. The first-order valence-electron chi connectivity index (χ1n) is 8.19. The van der Waals surface area contributed by atoms with Gasteiger partial charge >= 0.3 is 5.97 Å². The molecule has 28 heavy (non-hydrogen) atoms. The third-order valence-electron chi connectivity index (χ3n) is 3.38. The quantitative estimate of drug-likeness (QED) is 0.251. The van der Waals surface area contributed by atoms with E-state index < -0.39 is 5.97 Å². The molecule has 0 spiro atoms. The van der Waals surface area contributed by atoms with E-state index in [1.165, 1.54) is 13.3 Å². The van der Waals surface area contributed by atoms with Gasteiger partial charge in [0.25, 0.3) is 5.91 Å². The summed E-state index contributed by atoms with van der Waals surface area (Å²) < 4.78 is 16.4. The van der Waals surface area contributed by atoms with Crippen LogP contribution in [-0.2, 0) is 9.53 Å². The van der Waals surface area contributed by atoms with E-state index in [9.17, 15) is 9.59 Å². The highest BCUT2D eigenvalue weighted by atomic mass is 127. The number of nitrogens with one attached hydrogen (secondary N) is 1. The van der Waals surface area contributed by atoms with E-state index in [-0.39, 0.29) is 12.5 Å². The molecule has 0 aliphatic rings. The smallest absolute Gasteiger partial charge is 0.343 e. The molecule has 0 aliphatic heterocycles. The number of amides is 1. The number of carbonyl (C=O) groups excluding carboxylic acids is 2. The summed E-state index contributed by atoms with van der Waals surface area (Å²) in [4.78, 5) is 23.4. The standard InChI is InChI=1S/C19H18ClIN2O5/c1-3-27-16-9-12(8-15(21)18(16)28-11-17(24)26-2)10-22-23-19(25)13-4-6-14(20)7-5-13/h4-10H,3,11H2,1-2H3,(H,23,25)/b22-10-. The molecule has 0 saturated heterocycles. The number of hydrogen-bond donors (Lipinski definition) is 1. The molecule has 0 unspecified atom stereocenters. The lowest BCUT2D eigenvalue weighted by Crippen LogP contribution is -2.17. The molecule has 0 heterocycles. The van der Waals surface area contributed by atoms with Crippen LogP contribution in [-0.4, -0.2) is 38.4 Å². The molecule has 0 aromatic heterocycles. The second-order valence-corrected chi connectivity index (χ2v) is 6.93. The molecule has 7 nitrogen and oxygen atoms in total. The van der Waals surface area contributed by atoms with Crippen molar-refractivity contribution in [3.05, 3.63) is 56.1 Å². The van der Waals surface area contributed by atoms with Crippen molar-refractivity contribution in [3.63, 3.8) is 0 Å². The minimum atomic E-state index is -0.492. The molecule has 148 valence electrons. The van der Waals surface area contributed by atoms with Crippen LogP contribution in [0.3, 0.4) is 0 Å². The lowest BCUT2D eigenvalue weighted by molar-refractivity contribution is -0.142. The Balaban J connectivity index is 2.12. The number of esters is 1. The van der Waals surface area contributed by atoms with Gasteiger partial charge in [0.1, 0.15) is 0 Å². The molecule has 0 aliphatic carbocycles. The predicted octanol–water partition coefficient (Wildman–Crippen LogP) is 3.66. The molecule has 1 amide bonds. The summed E-state index contributed by atoms with van der Waals surface area (Å²) in [6, 6.07) is 9.96. The average Bonchev–Trinajstić information content (AvgIpc) is 2.67. The maximum Gasteiger partial charge on any atom is 0.343 e. The second kappa shape index (κ2) is 10.9. The van der Waals surface area contributed by atoms with Crippen LogP contribution >= 0.6 is 34.2 Å². The van der Waals surface area contributed by atoms with Crippen molar-refractivity contribution in [1.29, 1.82) is 0 Å². The fraction of sp³-hybridized carbons (Fsp3) is 0.211. The van der Waals surface area contributed by atoms with Gasteiger partial charge in [0.05, 0.1) is 23.5 Å². The molecule has 0 fully saturated rings. The van der Waals surface area contributed by atoms with Gasteiger partial charge in [0, 0.05) is 10.6 Å². The molecule has 0 bridgehead atoms.